The molecule has 0 aliphatic heterocycles. The molecule has 3 aromatic rings. The predicted octanol–water partition coefficient (Wildman–Crippen LogP) is 4.24. The van der Waals surface area contributed by atoms with E-state index in [9.17, 15) is 4.79 Å². The first-order valence-corrected chi connectivity index (χ1v) is 10.5. The number of hydrogen-bond donors (Lipinski definition) is 3. The highest BCUT2D eigenvalue weighted by Crippen LogP contribution is 2.38. The summed E-state index contributed by atoms with van der Waals surface area (Å²) < 4.78 is 16.2. The highest BCUT2D eigenvalue weighted by atomic mass is 16.5. The van der Waals surface area contributed by atoms with Gasteiger partial charge in [-0.2, -0.15) is 0 Å². The normalized spacial score (nSPS) is 10.8. The first-order valence-electron chi connectivity index (χ1n) is 10.5. The highest BCUT2D eigenvalue weighted by molar-refractivity contribution is 6.03. The minimum atomic E-state index is -0.232. The summed E-state index contributed by atoms with van der Waals surface area (Å²) in [6.07, 6.45) is 3.26. The Balaban J connectivity index is 1.53. The van der Waals surface area contributed by atoms with Gasteiger partial charge >= 0.3 is 0 Å². The smallest absolute Gasteiger partial charge is 0.248 e. The number of ether oxygens (including phenoxy) is 3. The van der Waals surface area contributed by atoms with Crippen molar-refractivity contribution in [1.82, 2.24) is 5.32 Å². The van der Waals surface area contributed by atoms with Gasteiger partial charge in [-0.3, -0.25) is 4.79 Å². The molecule has 0 fully saturated rings. The van der Waals surface area contributed by atoms with Gasteiger partial charge in [0.1, 0.15) is 0 Å². The van der Waals surface area contributed by atoms with Crippen molar-refractivity contribution in [3.05, 3.63) is 83.4 Å². The lowest BCUT2D eigenvalue weighted by molar-refractivity contribution is -0.111. The molecule has 1 amide bonds. The Labute approximate surface area is 194 Å². The Morgan fingerprint density at radius 3 is 2.12 bits per heavy atom. The molecular weight excluding hydrogens is 418 g/mol. The van der Waals surface area contributed by atoms with Crippen LogP contribution < -0.4 is 30.6 Å². The molecule has 3 rings (SSSR count). The van der Waals surface area contributed by atoms with Crippen LogP contribution in [0, 0.1) is 0 Å². The summed E-state index contributed by atoms with van der Waals surface area (Å²) in [5, 5.41) is 6.19. The lowest BCUT2D eigenvalue weighted by atomic mass is 10.1. The van der Waals surface area contributed by atoms with E-state index >= 15 is 0 Å². The van der Waals surface area contributed by atoms with Gasteiger partial charge in [-0.05, 0) is 47.0 Å². The molecule has 0 bridgehead atoms. The molecule has 0 aliphatic rings. The average molecular weight is 448 g/mol. The molecule has 0 spiro atoms. The Kier molecular flexibility index (Phi) is 8.32. The number of benzene rings is 3. The number of para-hydroxylation sites is 2. The van der Waals surface area contributed by atoms with Gasteiger partial charge in [0.05, 0.1) is 32.7 Å². The topological polar surface area (TPSA) is 94.8 Å². The average Bonchev–Trinajstić information content (AvgIpc) is 2.84. The molecule has 0 aliphatic carbocycles. The third kappa shape index (κ3) is 6.51. The van der Waals surface area contributed by atoms with Crippen molar-refractivity contribution in [3.63, 3.8) is 0 Å². The van der Waals surface area contributed by atoms with Crippen LogP contribution in [0.1, 0.15) is 16.7 Å². The number of nitrogens with one attached hydrogen (secondary N) is 2. The number of hydrogen-bond acceptors (Lipinski definition) is 6. The maximum Gasteiger partial charge on any atom is 0.248 e. The fourth-order valence-electron chi connectivity index (χ4n) is 3.29. The molecule has 33 heavy (non-hydrogen) atoms. The van der Waals surface area contributed by atoms with Crippen molar-refractivity contribution in [2.45, 2.75) is 13.1 Å². The van der Waals surface area contributed by atoms with Crippen LogP contribution in [-0.2, 0) is 17.9 Å². The monoisotopic (exact) mass is 447 g/mol. The molecule has 0 aromatic heterocycles. The van der Waals surface area contributed by atoms with Gasteiger partial charge in [-0.25, -0.2) is 0 Å². The van der Waals surface area contributed by atoms with E-state index in [1.165, 1.54) is 6.08 Å². The van der Waals surface area contributed by atoms with Crippen LogP contribution in [0.5, 0.6) is 17.2 Å². The van der Waals surface area contributed by atoms with Crippen molar-refractivity contribution < 1.29 is 19.0 Å². The van der Waals surface area contributed by atoms with Crippen LogP contribution in [0.3, 0.4) is 0 Å². The zero-order valence-electron chi connectivity index (χ0n) is 19.1. The molecular formula is C26H29N3O4. The molecule has 7 heteroatoms. The summed E-state index contributed by atoms with van der Waals surface area (Å²) in [7, 11) is 4.79. The van der Waals surface area contributed by atoms with E-state index in [4.69, 9.17) is 19.9 Å². The second-order valence-corrected chi connectivity index (χ2v) is 7.29. The number of rotatable bonds is 10. The minimum Gasteiger partial charge on any atom is -0.493 e. The number of methoxy groups -OCH3 is 3. The summed E-state index contributed by atoms with van der Waals surface area (Å²) in [6.45, 7) is 1.33. The van der Waals surface area contributed by atoms with Crippen molar-refractivity contribution in [2.24, 2.45) is 0 Å². The van der Waals surface area contributed by atoms with Gasteiger partial charge in [-0.15, -0.1) is 0 Å². The first kappa shape index (κ1) is 23.7. The Morgan fingerprint density at radius 2 is 1.52 bits per heavy atom. The Bertz CT molecular complexity index is 1090. The second-order valence-electron chi connectivity index (χ2n) is 7.29. The molecule has 7 nitrogen and oxygen atoms in total. The van der Waals surface area contributed by atoms with Crippen LogP contribution in [0.2, 0.25) is 0 Å². The van der Waals surface area contributed by atoms with Crippen LogP contribution >= 0.6 is 0 Å². The molecule has 172 valence electrons. The number of amides is 1. The maximum atomic E-state index is 12.1. The number of anilines is 2. The van der Waals surface area contributed by atoms with Gasteiger partial charge in [0.2, 0.25) is 11.7 Å². The summed E-state index contributed by atoms with van der Waals surface area (Å²) in [4.78, 5) is 12.1. The number of carbonyl (C=O) groups is 1. The van der Waals surface area contributed by atoms with Gasteiger partial charge in [0.25, 0.3) is 0 Å². The van der Waals surface area contributed by atoms with Gasteiger partial charge in [0.15, 0.2) is 11.5 Å². The highest BCUT2D eigenvalue weighted by Gasteiger charge is 2.12. The quantitative estimate of drug-likeness (QED) is 0.318. The lowest BCUT2D eigenvalue weighted by Crippen LogP contribution is -2.13. The van der Waals surface area contributed by atoms with Gasteiger partial charge in [0, 0.05) is 19.2 Å². The molecule has 0 unspecified atom stereocenters. The molecule has 0 saturated heterocycles. The molecule has 0 saturated carbocycles. The second kappa shape index (κ2) is 11.6. The van der Waals surface area contributed by atoms with Crippen LogP contribution in [-0.4, -0.2) is 27.2 Å². The summed E-state index contributed by atoms with van der Waals surface area (Å²) in [5.74, 6) is 1.60. The van der Waals surface area contributed by atoms with Crippen molar-refractivity contribution in [2.75, 3.05) is 32.4 Å². The van der Waals surface area contributed by atoms with Crippen molar-refractivity contribution in [3.8, 4) is 17.2 Å². The van der Waals surface area contributed by atoms with E-state index < -0.39 is 0 Å². The Morgan fingerprint density at radius 1 is 0.879 bits per heavy atom. The van der Waals surface area contributed by atoms with Crippen LogP contribution in [0.25, 0.3) is 6.08 Å². The summed E-state index contributed by atoms with van der Waals surface area (Å²) in [6, 6.07) is 19.0. The van der Waals surface area contributed by atoms with E-state index in [1.807, 2.05) is 48.5 Å². The predicted molar refractivity (Wildman–Crippen MR) is 132 cm³/mol. The number of carbonyl (C=O) groups excluding carboxylic acids is 1. The van der Waals surface area contributed by atoms with Crippen LogP contribution in [0.4, 0.5) is 11.4 Å². The van der Waals surface area contributed by atoms with E-state index in [0.29, 0.717) is 41.7 Å². The van der Waals surface area contributed by atoms with Crippen LogP contribution in [0.15, 0.2) is 66.7 Å². The first-order chi connectivity index (χ1) is 16.0. The van der Waals surface area contributed by atoms with Gasteiger partial charge < -0.3 is 30.6 Å². The number of nitrogen functional groups attached to an aromatic ring is 1. The van der Waals surface area contributed by atoms with E-state index in [2.05, 4.69) is 10.6 Å². The lowest BCUT2D eigenvalue weighted by Gasteiger charge is -2.14. The summed E-state index contributed by atoms with van der Waals surface area (Å²) >= 11 is 0. The fraction of sp³-hybridized carbons (Fsp3) is 0.192. The van der Waals surface area contributed by atoms with Crippen molar-refractivity contribution >= 4 is 23.4 Å². The number of nitrogens with two attached hydrogens (primary N) is 1. The zero-order valence-corrected chi connectivity index (χ0v) is 19.1. The molecule has 0 radical (unpaired) electrons. The molecule has 4 N–H and O–H groups in total. The molecule has 0 atom stereocenters. The minimum absolute atomic E-state index is 0.232. The van der Waals surface area contributed by atoms with E-state index in [0.717, 1.165) is 16.7 Å². The summed E-state index contributed by atoms with van der Waals surface area (Å²) in [5.41, 5.74) is 10.1. The standard InChI is InChI=1S/C26H29N3O4/c1-31-23-14-20(15-24(32-2)26(23)33-3)17-28-16-19-10-8-18(9-11-19)12-13-25(30)29-22-7-5-4-6-21(22)27/h4-15,28H,16-17,27H2,1-3H3,(H,29,30)/b13-12-. The van der Waals surface area contributed by atoms with Crippen molar-refractivity contribution in [1.29, 1.82) is 0 Å². The molecule has 0 heterocycles. The Hall–Kier alpha value is -3.97. The third-order valence-corrected chi connectivity index (χ3v) is 5.01. The maximum absolute atomic E-state index is 12.1. The molecule has 3 aromatic carbocycles. The van der Waals surface area contributed by atoms with E-state index in [1.54, 1.807) is 39.5 Å². The zero-order chi connectivity index (χ0) is 23.6. The van der Waals surface area contributed by atoms with Gasteiger partial charge in [-0.1, -0.05) is 36.4 Å². The third-order valence-electron chi connectivity index (χ3n) is 5.01. The van der Waals surface area contributed by atoms with E-state index in [-0.39, 0.29) is 5.91 Å². The fourth-order valence-corrected chi connectivity index (χ4v) is 3.29. The SMILES string of the molecule is COc1cc(CNCc2ccc(/C=C\C(=O)Nc3ccccc3N)cc2)cc(OC)c1OC. The largest absolute Gasteiger partial charge is 0.493 e.